The van der Waals surface area contributed by atoms with Gasteiger partial charge in [-0.15, -0.1) is 0 Å². The zero-order chi connectivity index (χ0) is 15.2. The van der Waals surface area contributed by atoms with Crippen molar-refractivity contribution in [3.8, 4) is 11.5 Å². The maximum Gasteiger partial charge on any atom is 0.231 e. The Kier molecular flexibility index (Phi) is 6.83. The fourth-order valence-corrected chi connectivity index (χ4v) is 3.35. The van der Waals surface area contributed by atoms with Gasteiger partial charge in [0.05, 0.1) is 6.10 Å². The Morgan fingerprint density at radius 1 is 1.19 bits per heavy atom. The van der Waals surface area contributed by atoms with Crippen LogP contribution in [-0.4, -0.2) is 18.2 Å². The second kappa shape index (κ2) is 8.39. The maximum atomic E-state index is 6.10. The Labute approximate surface area is 143 Å². The molecule has 0 bridgehead atoms. The maximum absolute atomic E-state index is 6.10. The van der Waals surface area contributed by atoms with E-state index in [1.807, 2.05) is 12.1 Å². The lowest BCUT2D eigenvalue weighted by molar-refractivity contribution is 0.0517. The summed E-state index contributed by atoms with van der Waals surface area (Å²) < 4.78 is 18.0. The molecule has 1 aliphatic heterocycles. The van der Waals surface area contributed by atoms with Crippen molar-refractivity contribution in [1.29, 1.82) is 0 Å². The van der Waals surface area contributed by atoms with Crippen molar-refractivity contribution in [2.75, 3.05) is 13.4 Å². The molecular formula is C16H22Br2O3. The van der Waals surface area contributed by atoms with Gasteiger partial charge in [0.2, 0.25) is 6.79 Å². The van der Waals surface area contributed by atoms with Gasteiger partial charge >= 0.3 is 0 Å². The highest BCUT2D eigenvalue weighted by Gasteiger charge is 2.24. The first-order valence-electron chi connectivity index (χ1n) is 7.48. The average molecular weight is 422 g/mol. The Hall–Kier alpha value is -0.260. The summed E-state index contributed by atoms with van der Waals surface area (Å²) in [5.74, 6) is 1.58. The fourth-order valence-electron chi connectivity index (χ4n) is 2.36. The molecule has 1 heterocycles. The van der Waals surface area contributed by atoms with Crippen LogP contribution >= 0.6 is 31.9 Å². The molecule has 0 saturated heterocycles. The second-order valence-electron chi connectivity index (χ2n) is 5.26. The van der Waals surface area contributed by atoms with Crippen LogP contribution in [0.25, 0.3) is 0 Å². The molecule has 2 atom stereocenters. The number of halogens is 2. The van der Waals surface area contributed by atoms with Crippen LogP contribution in [0.4, 0.5) is 0 Å². The van der Waals surface area contributed by atoms with Crippen LogP contribution < -0.4 is 9.47 Å². The van der Waals surface area contributed by atoms with Crippen LogP contribution in [0.3, 0.4) is 0 Å². The van der Waals surface area contributed by atoms with Crippen LogP contribution in [-0.2, 0) is 4.74 Å². The minimum atomic E-state index is -0.00417. The Bertz CT molecular complexity index is 463. The Balaban J connectivity index is 2.04. The summed E-state index contributed by atoms with van der Waals surface area (Å²) in [5, 5.41) is 0. The molecular weight excluding hydrogens is 400 g/mol. The van der Waals surface area contributed by atoms with E-state index in [9.17, 15) is 0 Å². The first kappa shape index (κ1) is 17.1. The lowest BCUT2D eigenvalue weighted by Gasteiger charge is -2.22. The Morgan fingerprint density at radius 2 is 1.90 bits per heavy atom. The van der Waals surface area contributed by atoms with E-state index in [1.54, 1.807) is 0 Å². The molecule has 0 fully saturated rings. The standard InChI is InChI=1S/C16H22Br2O3/c1-3-4-5-6-7-19-16(11(2)17)12-8-14-15(9-13(12)18)21-10-20-14/h8-9,11,16H,3-7,10H2,1-2H3. The number of hydrogen-bond donors (Lipinski definition) is 0. The lowest BCUT2D eigenvalue weighted by atomic mass is 10.1. The van der Waals surface area contributed by atoms with E-state index < -0.39 is 0 Å². The van der Waals surface area contributed by atoms with Gasteiger partial charge in [-0.2, -0.15) is 0 Å². The molecule has 1 aromatic carbocycles. The van der Waals surface area contributed by atoms with Gasteiger partial charge in [-0.3, -0.25) is 0 Å². The van der Waals surface area contributed by atoms with Gasteiger partial charge in [-0.1, -0.05) is 58.0 Å². The third-order valence-corrected chi connectivity index (χ3v) is 4.68. The van der Waals surface area contributed by atoms with E-state index in [1.165, 1.54) is 19.3 Å². The van der Waals surface area contributed by atoms with Gasteiger partial charge in [0, 0.05) is 21.5 Å². The summed E-state index contributed by atoms with van der Waals surface area (Å²) in [6.07, 6.45) is 4.84. The first-order chi connectivity index (χ1) is 10.1. The highest BCUT2D eigenvalue weighted by molar-refractivity contribution is 9.10. The number of benzene rings is 1. The molecule has 0 saturated carbocycles. The van der Waals surface area contributed by atoms with Crippen molar-refractivity contribution in [2.24, 2.45) is 0 Å². The lowest BCUT2D eigenvalue weighted by Crippen LogP contribution is -2.14. The summed E-state index contributed by atoms with van der Waals surface area (Å²) in [6, 6.07) is 3.97. The fraction of sp³-hybridized carbons (Fsp3) is 0.625. The van der Waals surface area contributed by atoms with Gasteiger partial charge < -0.3 is 14.2 Å². The molecule has 21 heavy (non-hydrogen) atoms. The smallest absolute Gasteiger partial charge is 0.231 e. The minimum absolute atomic E-state index is 0.00417. The number of hydrogen-bond acceptors (Lipinski definition) is 3. The van der Waals surface area contributed by atoms with Crippen LogP contribution in [0.2, 0.25) is 0 Å². The predicted octanol–water partition coefficient (Wildman–Crippen LogP) is 5.60. The van der Waals surface area contributed by atoms with Crippen molar-refractivity contribution >= 4 is 31.9 Å². The molecule has 0 radical (unpaired) electrons. The highest BCUT2D eigenvalue weighted by Crippen LogP contribution is 2.41. The van der Waals surface area contributed by atoms with E-state index in [2.05, 4.69) is 45.7 Å². The van der Waals surface area contributed by atoms with Crippen LogP contribution in [0, 0.1) is 0 Å². The van der Waals surface area contributed by atoms with Crippen LogP contribution in [0.5, 0.6) is 11.5 Å². The monoisotopic (exact) mass is 420 g/mol. The largest absolute Gasteiger partial charge is 0.454 e. The predicted molar refractivity (Wildman–Crippen MR) is 91.5 cm³/mol. The van der Waals surface area contributed by atoms with E-state index in [0.29, 0.717) is 0 Å². The van der Waals surface area contributed by atoms with Gasteiger partial charge in [0.25, 0.3) is 0 Å². The third kappa shape index (κ3) is 4.60. The van der Waals surface area contributed by atoms with E-state index in [-0.39, 0.29) is 17.7 Å². The summed E-state index contributed by atoms with van der Waals surface area (Å²) in [7, 11) is 0. The summed E-state index contributed by atoms with van der Waals surface area (Å²) >= 11 is 7.27. The molecule has 118 valence electrons. The number of alkyl halides is 1. The van der Waals surface area contributed by atoms with E-state index in [4.69, 9.17) is 14.2 Å². The van der Waals surface area contributed by atoms with Gasteiger partial charge in [0.15, 0.2) is 11.5 Å². The van der Waals surface area contributed by atoms with Gasteiger partial charge in [-0.05, 0) is 25.5 Å². The molecule has 2 unspecified atom stereocenters. The van der Waals surface area contributed by atoms with Crippen LogP contribution in [0.1, 0.15) is 51.2 Å². The van der Waals surface area contributed by atoms with Crippen LogP contribution in [0.15, 0.2) is 16.6 Å². The van der Waals surface area contributed by atoms with Crippen molar-refractivity contribution in [2.45, 2.75) is 50.5 Å². The van der Waals surface area contributed by atoms with E-state index >= 15 is 0 Å². The number of fused-ring (bicyclic) bond motifs is 1. The van der Waals surface area contributed by atoms with Gasteiger partial charge in [-0.25, -0.2) is 0 Å². The molecule has 0 aromatic heterocycles. The molecule has 5 heteroatoms. The highest BCUT2D eigenvalue weighted by atomic mass is 79.9. The summed E-state index contributed by atoms with van der Waals surface area (Å²) in [4.78, 5) is 0.223. The molecule has 1 aliphatic rings. The van der Waals surface area contributed by atoms with Crippen molar-refractivity contribution in [1.82, 2.24) is 0 Å². The zero-order valence-electron chi connectivity index (χ0n) is 12.5. The summed E-state index contributed by atoms with van der Waals surface area (Å²) in [6.45, 7) is 5.39. The number of ether oxygens (including phenoxy) is 3. The second-order valence-corrected chi connectivity index (χ2v) is 7.56. The molecule has 0 spiro atoms. The number of rotatable bonds is 8. The minimum Gasteiger partial charge on any atom is -0.454 e. The van der Waals surface area contributed by atoms with Crippen molar-refractivity contribution in [3.63, 3.8) is 0 Å². The topological polar surface area (TPSA) is 27.7 Å². The van der Waals surface area contributed by atoms with E-state index in [0.717, 1.165) is 34.6 Å². The zero-order valence-corrected chi connectivity index (χ0v) is 15.7. The SMILES string of the molecule is CCCCCCOC(c1cc2c(cc1Br)OCO2)C(C)Br. The molecule has 3 nitrogen and oxygen atoms in total. The van der Waals surface area contributed by atoms with Crippen molar-refractivity contribution in [3.05, 3.63) is 22.2 Å². The molecule has 0 aliphatic carbocycles. The molecule has 1 aromatic rings. The average Bonchev–Trinajstić information content (AvgIpc) is 2.89. The molecule has 2 rings (SSSR count). The van der Waals surface area contributed by atoms with Gasteiger partial charge in [0.1, 0.15) is 0 Å². The third-order valence-electron chi connectivity index (χ3n) is 3.51. The Morgan fingerprint density at radius 3 is 2.57 bits per heavy atom. The summed E-state index contributed by atoms with van der Waals surface area (Å²) in [5.41, 5.74) is 1.10. The first-order valence-corrected chi connectivity index (χ1v) is 9.19. The number of unbranched alkanes of at least 4 members (excludes halogenated alkanes) is 3. The quantitative estimate of drug-likeness (QED) is 0.403. The molecule has 0 amide bonds. The van der Waals surface area contributed by atoms with Crippen molar-refractivity contribution < 1.29 is 14.2 Å². The molecule has 0 N–H and O–H groups in total. The normalized spacial score (nSPS) is 16.0.